The normalized spacial score (nSPS) is 11.1. The Balaban J connectivity index is 1.90. The summed E-state index contributed by atoms with van der Waals surface area (Å²) in [6.45, 7) is 0.338. The van der Waals surface area contributed by atoms with Crippen molar-refractivity contribution in [2.24, 2.45) is 0 Å². The maximum atomic E-state index is 13.2. The van der Waals surface area contributed by atoms with E-state index >= 15 is 0 Å². The van der Waals surface area contributed by atoms with Gasteiger partial charge in [-0.3, -0.25) is 18.9 Å². The molecule has 0 spiro atoms. The van der Waals surface area contributed by atoms with Crippen molar-refractivity contribution in [2.75, 3.05) is 0 Å². The first-order chi connectivity index (χ1) is 13.5. The molecular formula is C20H14Cl2N4O2. The molecule has 0 aliphatic heterocycles. The SMILES string of the molecule is O=c1c2ncccc2n(Cc2ccc(Cl)c(Cl)c2)c(=O)n1Cc1cccnc1. The molecule has 8 heteroatoms. The topological polar surface area (TPSA) is 69.8 Å². The van der Waals surface area contributed by atoms with Crippen LogP contribution in [0.25, 0.3) is 11.0 Å². The van der Waals surface area contributed by atoms with Gasteiger partial charge in [0.2, 0.25) is 0 Å². The van der Waals surface area contributed by atoms with E-state index in [9.17, 15) is 9.59 Å². The Morgan fingerprint density at radius 1 is 0.857 bits per heavy atom. The second-order valence-corrected chi connectivity index (χ2v) is 7.06. The molecule has 0 unspecified atom stereocenters. The highest BCUT2D eigenvalue weighted by molar-refractivity contribution is 6.42. The van der Waals surface area contributed by atoms with Crippen molar-refractivity contribution >= 4 is 34.2 Å². The van der Waals surface area contributed by atoms with E-state index in [4.69, 9.17) is 23.2 Å². The number of hydrogen-bond acceptors (Lipinski definition) is 4. The third-order valence-electron chi connectivity index (χ3n) is 4.37. The van der Waals surface area contributed by atoms with Crippen LogP contribution in [-0.2, 0) is 13.1 Å². The molecule has 28 heavy (non-hydrogen) atoms. The lowest BCUT2D eigenvalue weighted by atomic mass is 10.2. The Labute approximate surface area is 169 Å². The van der Waals surface area contributed by atoms with Crippen LogP contribution in [0.1, 0.15) is 11.1 Å². The highest BCUT2D eigenvalue weighted by Gasteiger charge is 2.15. The summed E-state index contributed by atoms with van der Waals surface area (Å²) in [6, 6.07) is 12.1. The molecule has 0 atom stereocenters. The molecule has 0 aliphatic carbocycles. The van der Waals surface area contributed by atoms with Crippen LogP contribution in [0.3, 0.4) is 0 Å². The summed E-state index contributed by atoms with van der Waals surface area (Å²) < 4.78 is 2.68. The zero-order valence-corrected chi connectivity index (χ0v) is 16.1. The van der Waals surface area contributed by atoms with Crippen molar-refractivity contribution in [1.29, 1.82) is 0 Å². The Hall–Kier alpha value is -2.96. The molecule has 6 nitrogen and oxygen atoms in total. The van der Waals surface area contributed by atoms with Gasteiger partial charge in [-0.25, -0.2) is 9.78 Å². The van der Waals surface area contributed by atoms with E-state index in [-0.39, 0.29) is 18.6 Å². The summed E-state index contributed by atoms with van der Waals surface area (Å²) in [7, 11) is 0. The van der Waals surface area contributed by atoms with E-state index in [2.05, 4.69) is 9.97 Å². The van der Waals surface area contributed by atoms with E-state index in [1.54, 1.807) is 48.8 Å². The minimum Gasteiger partial charge on any atom is -0.287 e. The molecule has 0 saturated heterocycles. The fourth-order valence-corrected chi connectivity index (χ4v) is 3.35. The zero-order chi connectivity index (χ0) is 19.7. The summed E-state index contributed by atoms with van der Waals surface area (Å²) in [6.07, 6.45) is 4.79. The molecule has 140 valence electrons. The lowest BCUT2D eigenvalue weighted by molar-refractivity contribution is 0.632. The number of pyridine rings is 2. The fraction of sp³-hybridized carbons (Fsp3) is 0.100. The third-order valence-corrected chi connectivity index (χ3v) is 5.11. The minimum absolute atomic E-state index is 0.111. The van der Waals surface area contributed by atoms with Gasteiger partial charge in [-0.15, -0.1) is 0 Å². The summed E-state index contributed by atoms with van der Waals surface area (Å²) in [4.78, 5) is 34.3. The molecule has 4 aromatic rings. The molecule has 0 bridgehead atoms. The fourth-order valence-electron chi connectivity index (χ4n) is 3.03. The largest absolute Gasteiger partial charge is 0.332 e. The van der Waals surface area contributed by atoms with Crippen LogP contribution in [0, 0.1) is 0 Å². The standard InChI is InChI=1S/C20H14Cl2N4O2/c21-15-6-5-13(9-16(15)22)11-25-17-4-2-8-24-18(17)19(27)26(20(25)28)12-14-3-1-7-23-10-14/h1-10H,11-12H2. The van der Waals surface area contributed by atoms with Crippen LogP contribution >= 0.6 is 23.2 Å². The molecule has 3 heterocycles. The quantitative estimate of drug-likeness (QED) is 0.515. The van der Waals surface area contributed by atoms with Gasteiger partial charge in [-0.1, -0.05) is 35.3 Å². The summed E-state index contributed by atoms with van der Waals surface area (Å²) >= 11 is 12.1. The first-order valence-electron chi connectivity index (χ1n) is 8.46. The molecular weight excluding hydrogens is 399 g/mol. The van der Waals surface area contributed by atoms with E-state index < -0.39 is 11.2 Å². The number of rotatable bonds is 4. The smallest absolute Gasteiger partial charge is 0.287 e. The van der Waals surface area contributed by atoms with Gasteiger partial charge in [0.1, 0.15) is 0 Å². The summed E-state index contributed by atoms with van der Waals surface area (Å²) in [5.74, 6) is 0. The van der Waals surface area contributed by atoms with Crippen LogP contribution < -0.4 is 11.2 Å². The summed E-state index contributed by atoms with van der Waals surface area (Å²) in [5, 5.41) is 0.837. The van der Waals surface area contributed by atoms with Crippen molar-refractivity contribution in [3.63, 3.8) is 0 Å². The number of halogens is 2. The maximum Gasteiger partial charge on any atom is 0.332 e. The van der Waals surface area contributed by atoms with Gasteiger partial charge in [-0.2, -0.15) is 0 Å². The Morgan fingerprint density at radius 2 is 1.64 bits per heavy atom. The lowest BCUT2D eigenvalue weighted by Gasteiger charge is -2.14. The van der Waals surface area contributed by atoms with Gasteiger partial charge in [-0.05, 0) is 41.5 Å². The van der Waals surface area contributed by atoms with Crippen molar-refractivity contribution in [2.45, 2.75) is 13.1 Å². The van der Waals surface area contributed by atoms with E-state index in [0.29, 0.717) is 15.6 Å². The second kappa shape index (κ2) is 7.58. The number of fused-ring (bicyclic) bond motifs is 1. The highest BCUT2D eigenvalue weighted by Crippen LogP contribution is 2.23. The Morgan fingerprint density at radius 3 is 2.39 bits per heavy atom. The number of benzene rings is 1. The van der Waals surface area contributed by atoms with Crippen LogP contribution in [0.2, 0.25) is 10.0 Å². The van der Waals surface area contributed by atoms with Gasteiger partial charge in [0, 0.05) is 18.6 Å². The average molecular weight is 413 g/mol. The molecule has 0 N–H and O–H groups in total. The monoisotopic (exact) mass is 412 g/mol. The number of hydrogen-bond donors (Lipinski definition) is 0. The van der Waals surface area contributed by atoms with Crippen LogP contribution in [0.15, 0.2) is 70.6 Å². The number of aromatic nitrogens is 4. The van der Waals surface area contributed by atoms with Crippen molar-refractivity contribution < 1.29 is 0 Å². The average Bonchev–Trinajstić information content (AvgIpc) is 2.72. The van der Waals surface area contributed by atoms with Crippen molar-refractivity contribution in [3.8, 4) is 0 Å². The first kappa shape index (κ1) is 18.4. The lowest BCUT2D eigenvalue weighted by Crippen LogP contribution is -2.40. The predicted molar refractivity (Wildman–Crippen MR) is 109 cm³/mol. The van der Waals surface area contributed by atoms with Gasteiger partial charge in [0.25, 0.3) is 5.56 Å². The minimum atomic E-state index is -0.435. The molecule has 0 amide bonds. The van der Waals surface area contributed by atoms with Gasteiger partial charge in [0.15, 0.2) is 5.52 Å². The van der Waals surface area contributed by atoms with Crippen LogP contribution in [0.4, 0.5) is 0 Å². The first-order valence-corrected chi connectivity index (χ1v) is 9.21. The molecule has 0 radical (unpaired) electrons. The van der Waals surface area contributed by atoms with Gasteiger partial charge < -0.3 is 0 Å². The molecule has 4 rings (SSSR count). The highest BCUT2D eigenvalue weighted by atomic mass is 35.5. The Bertz CT molecular complexity index is 1280. The van der Waals surface area contributed by atoms with Crippen LogP contribution in [0.5, 0.6) is 0 Å². The van der Waals surface area contributed by atoms with E-state index in [1.807, 2.05) is 6.07 Å². The van der Waals surface area contributed by atoms with Crippen LogP contribution in [-0.4, -0.2) is 19.1 Å². The Kier molecular flexibility index (Phi) is 4.98. The summed E-state index contributed by atoms with van der Waals surface area (Å²) in [5.41, 5.74) is 1.36. The van der Waals surface area contributed by atoms with E-state index in [1.165, 1.54) is 15.3 Å². The third kappa shape index (κ3) is 3.44. The molecule has 0 aliphatic rings. The maximum absolute atomic E-state index is 13.2. The number of nitrogens with zero attached hydrogens (tertiary/aromatic N) is 4. The van der Waals surface area contributed by atoms with Gasteiger partial charge in [0.05, 0.1) is 28.7 Å². The van der Waals surface area contributed by atoms with E-state index in [0.717, 1.165) is 11.1 Å². The predicted octanol–water partition coefficient (Wildman–Crippen LogP) is 3.36. The van der Waals surface area contributed by atoms with Crippen molar-refractivity contribution in [3.05, 3.63) is 103 Å². The molecule has 0 saturated carbocycles. The zero-order valence-electron chi connectivity index (χ0n) is 14.5. The molecule has 1 aromatic carbocycles. The second-order valence-electron chi connectivity index (χ2n) is 6.24. The molecule has 0 fully saturated rings. The van der Waals surface area contributed by atoms with Gasteiger partial charge >= 0.3 is 5.69 Å². The van der Waals surface area contributed by atoms with Crippen molar-refractivity contribution in [1.82, 2.24) is 19.1 Å². The molecule has 3 aromatic heterocycles.